The molecule has 0 radical (unpaired) electrons. The molecule has 70 heavy (non-hydrogen) atoms. The molecule has 13 aromatic rings. The first-order valence-electron chi connectivity index (χ1n) is 24.3. The molecule has 2 aromatic heterocycles. The average Bonchev–Trinajstić information content (AvgIpc) is 4.05. The van der Waals surface area contributed by atoms with Crippen LogP contribution in [0.4, 0.5) is 0 Å². The van der Waals surface area contributed by atoms with Crippen molar-refractivity contribution in [1.82, 2.24) is 9.55 Å². The minimum Gasteiger partial charge on any atom is -0.309 e. The normalized spacial score (nSPS) is 13.0. The van der Waals surface area contributed by atoms with E-state index >= 15 is 0 Å². The number of hydrogen-bond acceptors (Lipinski definition) is 1. The standard InChI is InChI=1S/C68H42N2/c1-2-19-43(20-3-1)45-41-63(69-64(42-45)57-30-18-34-62-67(57)56-29-10-15-33-61(56)68(62)59-31-13-8-25-52(59)53-26-9-14-32-60(53)68)47-37-46(58-40-44-21-4-5-22-49(44)50-23-6-7-24-51(50)58)38-48(39-47)70-65-35-16-11-27-54(65)55-28-12-17-36-66(55)70/h1-42H. The predicted octanol–water partition coefficient (Wildman–Crippen LogP) is 17.5. The molecular formula is C68H42N2. The Balaban J connectivity index is 1.02. The highest BCUT2D eigenvalue weighted by Crippen LogP contribution is 2.64. The van der Waals surface area contributed by atoms with E-state index in [0.29, 0.717) is 0 Å². The molecule has 0 bridgehead atoms. The van der Waals surface area contributed by atoms with Crippen molar-refractivity contribution in [3.8, 4) is 72.7 Å². The molecule has 1 spiro atoms. The van der Waals surface area contributed by atoms with Crippen LogP contribution in [0, 0.1) is 0 Å². The van der Waals surface area contributed by atoms with Crippen LogP contribution in [0.5, 0.6) is 0 Å². The molecule has 11 aromatic carbocycles. The van der Waals surface area contributed by atoms with Gasteiger partial charge in [0, 0.05) is 27.6 Å². The summed E-state index contributed by atoms with van der Waals surface area (Å²) in [7, 11) is 0. The summed E-state index contributed by atoms with van der Waals surface area (Å²) >= 11 is 0. The van der Waals surface area contributed by atoms with Crippen molar-refractivity contribution >= 4 is 43.4 Å². The first-order valence-corrected chi connectivity index (χ1v) is 24.3. The second kappa shape index (κ2) is 14.9. The van der Waals surface area contributed by atoms with Gasteiger partial charge in [-0.15, -0.1) is 0 Å². The number of fused-ring (bicyclic) bond motifs is 16. The van der Waals surface area contributed by atoms with Gasteiger partial charge >= 0.3 is 0 Å². The molecule has 0 fully saturated rings. The first kappa shape index (κ1) is 38.9. The van der Waals surface area contributed by atoms with Crippen LogP contribution in [0.1, 0.15) is 22.3 Å². The summed E-state index contributed by atoms with van der Waals surface area (Å²) in [5, 5.41) is 7.41. The molecule has 0 N–H and O–H groups in total. The smallest absolute Gasteiger partial charge is 0.0725 e. The van der Waals surface area contributed by atoms with Crippen LogP contribution in [-0.2, 0) is 5.41 Å². The summed E-state index contributed by atoms with van der Waals surface area (Å²) in [5.74, 6) is 0. The van der Waals surface area contributed by atoms with Gasteiger partial charge in [0.15, 0.2) is 0 Å². The van der Waals surface area contributed by atoms with Gasteiger partial charge in [-0.05, 0) is 137 Å². The molecule has 0 atom stereocenters. The van der Waals surface area contributed by atoms with E-state index in [4.69, 9.17) is 4.98 Å². The van der Waals surface area contributed by atoms with Crippen molar-refractivity contribution in [2.24, 2.45) is 0 Å². The Morgan fingerprint density at radius 1 is 0.286 bits per heavy atom. The molecule has 2 heteroatoms. The van der Waals surface area contributed by atoms with Gasteiger partial charge in [0.25, 0.3) is 0 Å². The Kier molecular flexibility index (Phi) is 8.31. The van der Waals surface area contributed by atoms with Gasteiger partial charge < -0.3 is 4.57 Å². The van der Waals surface area contributed by atoms with Gasteiger partial charge in [-0.2, -0.15) is 0 Å². The molecule has 0 amide bonds. The third kappa shape index (κ3) is 5.47. The molecule has 0 aliphatic heterocycles. The topological polar surface area (TPSA) is 17.8 Å². The maximum atomic E-state index is 5.84. The molecule has 0 saturated carbocycles. The number of rotatable bonds is 5. The lowest BCUT2D eigenvalue weighted by atomic mass is 9.70. The third-order valence-corrected chi connectivity index (χ3v) is 15.4. The fourth-order valence-electron chi connectivity index (χ4n) is 12.5. The molecular weight excluding hydrogens is 845 g/mol. The quantitative estimate of drug-likeness (QED) is 0.157. The third-order valence-electron chi connectivity index (χ3n) is 15.4. The maximum Gasteiger partial charge on any atom is 0.0725 e. The van der Waals surface area contributed by atoms with Crippen LogP contribution in [0.2, 0.25) is 0 Å². The minimum atomic E-state index is -0.455. The Bertz CT molecular complexity index is 4210. The Morgan fingerprint density at radius 3 is 1.51 bits per heavy atom. The van der Waals surface area contributed by atoms with Gasteiger partial charge in [0.1, 0.15) is 0 Å². The summed E-state index contributed by atoms with van der Waals surface area (Å²) in [6.07, 6.45) is 0. The zero-order valence-corrected chi connectivity index (χ0v) is 38.1. The van der Waals surface area contributed by atoms with E-state index in [1.54, 1.807) is 0 Å². The number of hydrogen-bond donors (Lipinski definition) is 0. The highest BCUT2D eigenvalue weighted by Gasteiger charge is 2.52. The summed E-state index contributed by atoms with van der Waals surface area (Å²) in [6, 6.07) is 94.2. The van der Waals surface area contributed by atoms with Gasteiger partial charge in [-0.1, -0.05) is 206 Å². The fraction of sp³-hybridized carbons (Fsp3) is 0.0147. The van der Waals surface area contributed by atoms with Crippen LogP contribution in [-0.4, -0.2) is 9.55 Å². The summed E-state index contributed by atoms with van der Waals surface area (Å²) in [6.45, 7) is 0. The van der Waals surface area contributed by atoms with E-state index in [1.165, 1.54) is 93.4 Å². The van der Waals surface area contributed by atoms with E-state index < -0.39 is 5.41 Å². The van der Waals surface area contributed by atoms with Crippen LogP contribution in [0.25, 0.3) is 116 Å². The number of aromatic nitrogens is 2. The first-order chi connectivity index (χ1) is 34.7. The monoisotopic (exact) mass is 886 g/mol. The molecule has 2 aliphatic rings. The van der Waals surface area contributed by atoms with E-state index in [-0.39, 0.29) is 0 Å². The van der Waals surface area contributed by atoms with Crippen molar-refractivity contribution in [2.45, 2.75) is 5.41 Å². The molecule has 0 saturated heterocycles. The van der Waals surface area contributed by atoms with Gasteiger partial charge in [0.2, 0.25) is 0 Å². The lowest BCUT2D eigenvalue weighted by Gasteiger charge is -2.30. The van der Waals surface area contributed by atoms with Gasteiger partial charge in [-0.25, -0.2) is 4.98 Å². The molecule has 2 heterocycles. The molecule has 0 unspecified atom stereocenters. The lowest BCUT2D eigenvalue weighted by molar-refractivity contribution is 0.794. The van der Waals surface area contributed by atoms with E-state index in [1.807, 2.05) is 0 Å². The van der Waals surface area contributed by atoms with Crippen LogP contribution >= 0.6 is 0 Å². The van der Waals surface area contributed by atoms with Crippen LogP contribution in [0.3, 0.4) is 0 Å². The van der Waals surface area contributed by atoms with E-state index in [0.717, 1.165) is 44.9 Å². The van der Waals surface area contributed by atoms with Crippen molar-refractivity contribution in [2.75, 3.05) is 0 Å². The van der Waals surface area contributed by atoms with E-state index in [9.17, 15) is 0 Å². The lowest BCUT2D eigenvalue weighted by Crippen LogP contribution is -2.25. The summed E-state index contributed by atoms with van der Waals surface area (Å²) < 4.78 is 2.45. The maximum absolute atomic E-state index is 5.84. The predicted molar refractivity (Wildman–Crippen MR) is 292 cm³/mol. The van der Waals surface area contributed by atoms with E-state index in [2.05, 4.69) is 259 Å². The molecule has 324 valence electrons. The number of benzene rings is 11. The summed E-state index contributed by atoms with van der Waals surface area (Å²) in [4.78, 5) is 5.84. The fourth-order valence-corrected chi connectivity index (χ4v) is 12.5. The molecule has 2 nitrogen and oxygen atoms in total. The number of pyridine rings is 1. The van der Waals surface area contributed by atoms with Crippen LogP contribution in [0.15, 0.2) is 255 Å². The minimum absolute atomic E-state index is 0.455. The molecule has 2 aliphatic carbocycles. The summed E-state index contributed by atoms with van der Waals surface area (Å²) in [5.41, 5.74) is 22.0. The van der Waals surface area contributed by atoms with Crippen molar-refractivity contribution < 1.29 is 0 Å². The van der Waals surface area contributed by atoms with Gasteiger partial charge in [0.05, 0.1) is 27.8 Å². The zero-order valence-electron chi connectivity index (χ0n) is 38.1. The SMILES string of the molecule is c1ccc(-c2cc(-c3cc(-c4cc5ccccc5c5ccccc45)cc(-n4c5ccccc5c5ccccc54)c3)nc(-c3cccc4c3-c3ccccc3C43c4ccccc4-c4ccccc43)c2)cc1. The Labute approximate surface area is 406 Å². The van der Waals surface area contributed by atoms with Gasteiger partial charge in [-0.3, -0.25) is 0 Å². The highest BCUT2D eigenvalue weighted by atomic mass is 15.0. The number of nitrogens with zero attached hydrogens (tertiary/aromatic N) is 2. The Morgan fingerprint density at radius 2 is 0.800 bits per heavy atom. The largest absolute Gasteiger partial charge is 0.309 e. The zero-order chi connectivity index (χ0) is 45.9. The highest BCUT2D eigenvalue weighted by molar-refractivity contribution is 6.14. The Hall–Kier alpha value is -9.11. The van der Waals surface area contributed by atoms with Crippen molar-refractivity contribution in [3.63, 3.8) is 0 Å². The van der Waals surface area contributed by atoms with Crippen molar-refractivity contribution in [3.05, 3.63) is 277 Å². The number of para-hydroxylation sites is 2. The second-order valence-electron chi connectivity index (χ2n) is 18.9. The average molecular weight is 887 g/mol. The second-order valence-corrected chi connectivity index (χ2v) is 18.9. The van der Waals surface area contributed by atoms with Crippen molar-refractivity contribution in [1.29, 1.82) is 0 Å². The van der Waals surface area contributed by atoms with Crippen LogP contribution < -0.4 is 0 Å². The molecule has 15 rings (SSSR count).